The maximum absolute atomic E-state index is 12.6. The molecule has 21 heavy (non-hydrogen) atoms. The van der Waals surface area contributed by atoms with Crippen molar-refractivity contribution in [2.75, 3.05) is 31.6 Å². The maximum atomic E-state index is 12.6. The van der Waals surface area contributed by atoms with Crippen LogP contribution in [-0.2, 0) is 9.53 Å². The monoisotopic (exact) mass is 290 g/mol. The average Bonchev–Trinajstić information content (AvgIpc) is 2.72. The number of carbonyl (C=O) groups is 1. The Kier molecular flexibility index (Phi) is 5.62. The predicted molar refractivity (Wildman–Crippen MR) is 85.4 cm³/mol. The number of anilines is 1. The lowest BCUT2D eigenvalue weighted by Gasteiger charge is -2.32. The largest absolute Gasteiger partial charge is 0.464 e. The lowest BCUT2D eigenvalue weighted by molar-refractivity contribution is -0.149. The molecule has 1 saturated heterocycles. The normalized spacial score (nSPS) is 23.3. The molecule has 1 fully saturated rings. The first-order valence-electron chi connectivity index (χ1n) is 7.93. The van der Waals surface area contributed by atoms with Crippen LogP contribution in [0.5, 0.6) is 0 Å². The van der Waals surface area contributed by atoms with E-state index in [1.165, 1.54) is 0 Å². The molecular weight excluding hydrogens is 264 g/mol. The molecule has 1 aromatic carbocycles. The fourth-order valence-electron chi connectivity index (χ4n) is 2.95. The molecule has 0 bridgehead atoms. The average molecular weight is 290 g/mol. The van der Waals surface area contributed by atoms with Gasteiger partial charge in [-0.05, 0) is 51.4 Å². The number of benzene rings is 1. The summed E-state index contributed by atoms with van der Waals surface area (Å²) in [6.07, 6.45) is 2.61. The quantitative estimate of drug-likeness (QED) is 0.847. The zero-order valence-electron chi connectivity index (χ0n) is 13.1. The van der Waals surface area contributed by atoms with Gasteiger partial charge < -0.3 is 15.0 Å². The van der Waals surface area contributed by atoms with Gasteiger partial charge in [-0.25, -0.2) is 4.79 Å². The zero-order valence-corrected chi connectivity index (χ0v) is 13.1. The van der Waals surface area contributed by atoms with Crippen LogP contribution in [0.4, 0.5) is 5.69 Å². The molecule has 1 aromatic rings. The Hall–Kier alpha value is -1.55. The molecule has 2 rings (SSSR count). The van der Waals surface area contributed by atoms with E-state index in [0.717, 1.165) is 44.6 Å². The van der Waals surface area contributed by atoms with Gasteiger partial charge in [-0.2, -0.15) is 0 Å². The predicted octanol–water partition coefficient (Wildman–Crippen LogP) is 2.91. The third-order valence-corrected chi connectivity index (χ3v) is 4.20. The topological polar surface area (TPSA) is 41.6 Å². The van der Waals surface area contributed by atoms with Gasteiger partial charge in [0.2, 0.25) is 0 Å². The number of likely N-dealkylation sites (tertiary alicyclic amines) is 1. The summed E-state index contributed by atoms with van der Waals surface area (Å²) < 4.78 is 5.36. The number of rotatable bonds is 5. The van der Waals surface area contributed by atoms with E-state index in [1.807, 2.05) is 37.3 Å². The van der Waals surface area contributed by atoms with E-state index in [-0.39, 0.29) is 5.97 Å². The summed E-state index contributed by atoms with van der Waals surface area (Å²) in [5.41, 5.74) is 0.386. The number of hydrogen-bond donors (Lipinski definition) is 1. The van der Waals surface area contributed by atoms with Gasteiger partial charge in [0.15, 0.2) is 0 Å². The van der Waals surface area contributed by atoms with Crippen LogP contribution in [0.3, 0.4) is 0 Å². The molecule has 0 aromatic heterocycles. The van der Waals surface area contributed by atoms with E-state index >= 15 is 0 Å². The van der Waals surface area contributed by atoms with Crippen LogP contribution in [0.2, 0.25) is 0 Å². The molecule has 116 valence electrons. The Labute approximate surface area is 127 Å². The van der Waals surface area contributed by atoms with Gasteiger partial charge in [0.1, 0.15) is 5.54 Å². The molecule has 1 heterocycles. The molecule has 0 saturated carbocycles. The van der Waals surface area contributed by atoms with Gasteiger partial charge in [0, 0.05) is 12.2 Å². The first-order valence-corrected chi connectivity index (χ1v) is 7.93. The summed E-state index contributed by atoms with van der Waals surface area (Å²) in [5.74, 6) is -0.119. The second-order valence-corrected chi connectivity index (χ2v) is 5.58. The molecule has 1 aliphatic rings. The molecule has 0 spiro atoms. The minimum Gasteiger partial charge on any atom is -0.464 e. The van der Waals surface area contributed by atoms with Gasteiger partial charge in [-0.1, -0.05) is 25.1 Å². The standard InChI is InChI=1S/C17H26N2O2/c1-3-19-13-8-11-17(12-14-19,16(20)21-4-2)18-15-9-6-5-7-10-15/h5-7,9-10,18H,3-4,8,11-14H2,1-2H3. The van der Waals surface area contributed by atoms with Crippen LogP contribution in [0.25, 0.3) is 0 Å². The molecule has 1 atom stereocenters. The zero-order chi connectivity index (χ0) is 15.1. The van der Waals surface area contributed by atoms with Crippen molar-refractivity contribution in [3.8, 4) is 0 Å². The Bertz CT molecular complexity index is 449. The van der Waals surface area contributed by atoms with E-state index in [9.17, 15) is 4.79 Å². The summed E-state index contributed by atoms with van der Waals surface area (Å²) in [5, 5.41) is 3.46. The van der Waals surface area contributed by atoms with E-state index < -0.39 is 5.54 Å². The maximum Gasteiger partial charge on any atom is 0.331 e. The molecule has 4 heteroatoms. The number of carbonyl (C=O) groups excluding carboxylic acids is 1. The highest BCUT2D eigenvalue weighted by Gasteiger charge is 2.41. The van der Waals surface area contributed by atoms with Crippen LogP contribution < -0.4 is 5.32 Å². The van der Waals surface area contributed by atoms with Gasteiger partial charge in [0.25, 0.3) is 0 Å². The lowest BCUT2D eigenvalue weighted by atomic mass is 9.90. The Morgan fingerprint density at radius 2 is 2.00 bits per heavy atom. The fraction of sp³-hybridized carbons (Fsp3) is 0.588. The number of para-hydroxylation sites is 1. The van der Waals surface area contributed by atoms with Crippen molar-refractivity contribution in [3.63, 3.8) is 0 Å². The van der Waals surface area contributed by atoms with Gasteiger partial charge >= 0.3 is 5.97 Å². The number of nitrogens with zero attached hydrogens (tertiary/aromatic N) is 1. The van der Waals surface area contributed by atoms with E-state index in [1.54, 1.807) is 0 Å². The highest BCUT2D eigenvalue weighted by Crippen LogP contribution is 2.28. The van der Waals surface area contributed by atoms with Crippen molar-refractivity contribution in [1.29, 1.82) is 0 Å². The highest BCUT2D eigenvalue weighted by atomic mass is 16.5. The third-order valence-electron chi connectivity index (χ3n) is 4.20. The Balaban J connectivity index is 2.20. The first kappa shape index (κ1) is 15.8. The molecular formula is C17H26N2O2. The molecule has 1 N–H and O–H groups in total. The highest BCUT2D eigenvalue weighted by molar-refractivity contribution is 5.84. The fourth-order valence-corrected chi connectivity index (χ4v) is 2.95. The van der Waals surface area contributed by atoms with E-state index in [4.69, 9.17) is 4.74 Å². The molecule has 4 nitrogen and oxygen atoms in total. The summed E-state index contributed by atoms with van der Waals surface area (Å²) in [4.78, 5) is 15.0. The van der Waals surface area contributed by atoms with Crippen molar-refractivity contribution >= 4 is 11.7 Å². The van der Waals surface area contributed by atoms with Crippen LogP contribution in [0, 0.1) is 0 Å². The number of ether oxygens (including phenoxy) is 1. The van der Waals surface area contributed by atoms with Gasteiger partial charge in [-0.15, -0.1) is 0 Å². The molecule has 0 radical (unpaired) electrons. The van der Waals surface area contributed by atoms with Gasteiger partial charge in [0.05, 0.1) is 6.61 Å². The first-order chi connectivity index (χ1) is 10.2. The molecule has 1 aliphatic heterocycles. The molecule has 1 unspecified atom stereocenters. The van der Waals surface area contributed by atoms with Crippen LogP contribution >= 0.6 is 0 Å². The number of esters is 1. The van der Waals surface area contributed by atoms with Crippen LogP contribution in [0.1, 0.15) is 33.1 Å². The minimum absolute atomic E-state index is 0.119. The summed E-state index contributed by atoms with van der Waals surface area (Å²) in [6, 6.07) is 9.95. The minimum atomic E-state index is -0.596. The Morgan fingerprint density at radius 3 is 2.67 bits per heavy atom. The second kappa shape index (κ2) is 7.46. The molecule has 0 aliphatic carbocycles. The van der Waals surface area contributed by atoms with Crippen molar-refractivity contribution in [2.45, 2.75) is 38.6 Å². The van der Waals surface area contributed by atoms with Gasteiger partial charge in [-0.3, -0.25) is 0 Å². The van der Waals surface area contributed by atoms with Crippen LogP contribution in [0.15, 0.2) is 30.3 Å². The summed E-state index contributed by atoms with van der Waals surface area (Å²) in [7, 11) is 0. The number of nitrogens with one attached hydrogen (secondary N) is 1. The van der Waals surface area contributed by atoms with E-state index in [2.05, 4.69) is 17.1 Å². The van der Waals surface area contributed by atoms with Crippen molar-refractivity contribution < 1.29 is 9.53 Å². The SMILES string of the molecule is CCOC(=O)C1(Nc2ccccc2)CCCN(CC)CC1. The molecule has 0 amide bonds. The Morgan fingerprint density at radius 1 is 1.24 bits per heavy atom. The summed E-state index contributed by atoms with van der Waals surface area (Å²) in [6.45, 7) is 7.47. The third kappa shape index (κ3) is 3.97. The lowest BCUT2D eigenvalue weighted by Crippen LogP contribution is -2.48. The smallest absolute Gasteiger partial charge is 0.331 e. The summed E-state index contributed by atoms with van der Waals surface area (Å²) >= 11 is 0. The second-order valence-electron chi connectivity index (χ2n) is 5.58. The van der Waals surface area contributed by atoms with Crippen molar-refractivity contribution in [3.05, 3.63) is 30.3 Å². The van der Waals surface area contributed by atoms with Crippen LogP contribution in [-0.4, -0.2) is 42.6 Å². The van der Waals surface area contributed by atoms with E-state index in [0.29, 0.717) is 6.61 Å². The van der Waals surface area contributed by atoms with Crippen molar-refractivity contribution in [2.24, 2.45) is 0 Å². The number of hydrogen-bond acceptors (Lipinski definition) is 4. The van der Waals surface area contributed by atoms with Crippen molar-refractivity contribution in [1.82, 2.24) is 4.90 Å².